The summed E-state index contributed by atoms with van der Waals surface area (Å²) in [5.41, 5.74) is 7.71. The zero-order valence-electron chi connectivity index (χ0n) is 17.4. The van der Waals surface area contributed by atoms with E-state index in [0.29, 0.717) is 55.3 Å². The molecule has 0 spiro atoms. The number of nitrogens with one attached hydrogen (secondary N) is 2. The second-order valence-electron chi connectivity index (χ2n) is 7.33. The molecule has 2 aromatic rings. The number of nitrogens with two attached hydrogens (primary N) is 1. The van der Waals surface area contributed by atoms with E-state index in [9.17, 15) is 9.59 Å². The predicted molar refractivity (Wildman–Crippen MR) is 117 cm³/mol. The lowest BCUT2D eigenvalue weighted by molar-refractivity contribution is -0.188. The van der Waals surface area contributed by atoms with Crippen LogP contribution < -0.4 is 16.4 Å². The lowest BCUT2D eigenvalue weighted by Gasteiger charge is -2.27. The fourth-order valence-electron chi connectivity index (χ4n) is 3.19. The highest BCUT2D eigenvalue weighted by molar-refractivity contribution is 6.31. The summed E-state index contributed by atoms with van der Waals surface area (Å²) in [4.78, 5) is 29.2. The molecule has 2 amide bonds. The van der Waals surface area contributed by atoms with Crippen LogP contribution in [0.4, 0.5) is 0 Å². The van der Waals surface area contributed by atoms with Crippen LogP contribution in [-0.4, -0.2) is 55.9 Å². The van der Waals surface area contributed by atoms with Gasteiger partial charge in [-0.05, 0) is 30.2 Å². The summed E-state index contributed by atoms with van der Waals surface area (Å²) < 4.78 is 11.0. The van der Waals surface area contributed by atoms with Crippen molar-refractivity contribution in [1.29, 1.82) is 0 Å². The van der Waals surface area contributed by atoms with Crippen molar-refractivity contribution in [2.45, 2.75) is 31.6 Å². The van der Waals surface area contributed by atoms with Crippen LogP contribution >= 0.6 is 11.6 Å². The number of benzene rings is 1. The van der Waals surface area contributed by atoms with Gasteiger partial charge >= 0.3 is 0 Å². The maximum Gasteiger partial charge on any atom is 0.269 e. The van der Waals surface area contributed by atoms with E-state index >= 15 is 0 Å². The molecule has 0 radical (unpaired) electrons. The minimum absolute atomic E-state index is 0.0860. The molecule has 9 heteroatoms. The third kappa shape index (κ3) is 6.73. The number of amides is 2. The van der Waals surface area contributed by atoms with Crippen LogP contribution in [0.3, 0.4) is 0 Å². The van der Waals surface area contributed by atoms with Gasteiger partial charge in [-0.1, -0.05) is 29.8 Å². The number of carbonyl (C=O) groups excluding carboxylic acids is 2. The van der Waals surface area contributed by atoms with Gasteiger partial charge in [0.2, 0.25) is 0 Å². The largest absolute Gasteiger partial charge is 0.354 e. The first-order chi connectivity index (χ1) is 15.0. The molecule has 0 saturated carbocycles. The molecule has 1 aromatic heterocycles. The van der Waals surface area contributed by atoms with Crippen LogP contribution in [-0.2, 0) is 15.9 Å². The molecular weight excluding hydrogens is 420 g/mol. The van der Waals surface area contributed by atoms with Gasteiger partial charge in [-0.25, -0.2) is 4.98 Å². The SMILES string of the molecule is CNC(=O)c1cc(C(=O)NCCC[C@H]2OC[C@H](N)CO2)cc(Cc2ccccc2Cl)n1. The Morgan fingerprint density at radius 3 is 2.65 bits per heavy atom. The van der Waals surface area contributed by atoms with E-state index in [1.807, 2.05) is 18.2 Å². The van der Waals surface area contributed by atoms with Crippen molar-refractivity contribution in [2.24, 2.45) is 5.73 Å². The minimum Gasteiger partial charge on any atom is -0.354 e. The quantitative estimate of drug-likeness (QED) is 0.533. The van der Waals surface area contributed by atoms with Crippen molar-refractivity contribution in [2.75, 3.05) is 26.8 Å². The van der Waals surface area contributed by atoms with Crippen molar-refractivity contribution >= 4 is 23.4 Å². The molecule has 4 N–H and O–H groups in total. The fraction of sp³-hybridized carbons (Fsp3) is 0.409. The Morgan fingerprint density at radius 1 is 1.19 bits per heavy atom. The normalized spacial score (nSPS) is 18.4. The van der Waals surface area contributed by atoms with Crippen LogP contribution in [0.2, 0.25) is 5.02 Å². The Hall–Kier alpha value is -2.52. The zero-order valence-corrected chi connectivity index (χ0v) is 18.2. The highest BCUT2D eigenvalue weighted by atomic mass is 35.5. The lowest BCUT2D eigenvalue weighted by atomic mass is 10.1. The van der Waals surface area contributed by atoms with Crippen molar-refractivity contribution in [3.63, 3.8) is 0 Å². The standard InChI is InChI=1S/C22H27ClN4O4/c1-25-22(29)19-11-15(10-17(27-19)9-14-5-2-3-6-18(14)23)21(28)26-8-4-7-20-30-12-16(24)13-31-20/h2-3,5-6,10-11,16,20H,4,7-9,12-13,24H2,1H3,(H,25,29)(H,26,28)/t16-,20-. The summed E-state index contributed by atoms with van der Waals surface area (Å²) in [6.07, 6.45) is 1.46. The van der Waals surface area contributed by atoms with Gasteiger partial charge in [-0.15, -0.1) is 0 Å². The minimum atomic E-state index is -0.361. The molecule has 2 heterocycles. The smallest absolute Gasteiger partial charge is 0.269 e. The lowest BCUT2D eigenvalue weighted by Crippen LogP contribution is -2.41. The van der Waals surface area contributed by atoms with Gasteiger partial charge in [0.15, 0.2) is 6.29 Å². The second kappa shape index (κ2) is 11.2. The number of carbonyl (C=O) groups is 2. The number of hydrogen-bond acceptors (Lipinski definition) is 6. The Morgan fingerprint density at radius 2 is 1.94 bits per heavy atom. The molecule has 166 valence electrons. The van der Waals surface area contributed by atoms with E-state index in [2.05, 4.69) is 15.6 Å². The summed E-state index contributed by atoms with van der Waals surface area (Å²) in [6, 6.07) is 10.5. The Bertz CT molecular complexity index is 916. The second-order valence-corrected chi connectivity index (χ2v) is 7.74. The van der Waals surface area contributed by atoms with Gasteiger partial charge in [-0.3, -0.25) is 9.59 Å². The number of ether oxygens (including phenoxy) is 2. The predicted octanol–water partition coefficient (Wildman–Crippen LogP) is 1.90. The molecular formula is C22H27ClN4O4. The molecule has 1 aromatic carbocycles. The molecule has 0 unspecified atom stereocenters. The molecule has 1 aliphatic heterocycles. The van der Waals surface area contributed by atoms with E-state index in [4.69, 9.17) is 26.8 Å². The third-order valence-electron chi connectivity index (χ3n) is 4.82. The zero-order chi connectivity index (χ0) is 22.2. The summed E-state index contributed by atoms with van der Waals surface area (Å²) in [5, 5.41) is 6.02. The number of pyridine rings is 1. The number of rotatable bonds is 8. The Kier molecular flexibility index (Phi) is 8.36. The van der Waals surface area contributed by atoms with Crippen molar-refractivity contribution in [1.82, 2.24) is 15.6 Å². The van der Waals surface area contributed by atoms with Crippen molar-refractivity contribution in [3.8, 4) is 0 Å². The fourth-order valence-corrected chi connectivity index (χ4v) is 3.39. The molecule has 31 heavy (non-hydrogen) atoms. The van der Waals surface area contributed by atoms with Gasteiger partial charge in [0.1, 0.15) is 5.69 Å². The first-order valence-electron chi connectivity index (χ1n) is 10.2. The summed E-state index contributed by atoms with van der Waals surface area (Å²) in [6.45, 7) is 1.40. The van der Waals surface area contributed by atoms with Gasteiger partial charge in [-0.2, -0.15) is 0 Å². The topological polar surface area (TPSA) is 116 Å². The first kappa shape index (κ1) is 23.1. The van der Waals surface area contributed by atoms with Gasteiger partial charge in [0.25, 0.3) is 11.8 Å². The number of aromatic nitrogens is 1. The maximum absolute atomic E-state index is 12.7. The maximum atomic E-state index is 12.7. The van der Waals surface area contributed by atoms with E-state index in [0.717, 1.165) is 5.56 Å². The highest BCUT2D eigenvalue weighted by Gasteiger charge is 2.19. The van der Waals surface area contributed by atoms with Crippen LogP contribution in [0.1, 0.15) is 44.9 Å². The van der Waals surface area contributed by atoms with Crippen LogP contribution in [0.25, 0.3) is 0 Å². The molecule has 0 aliphatic carbocycles. The monoisotopic (exact) mass is 446 g/mol. The summed E-state index contributed by atoms with van der Waals surface area (Å²) in [5.74, 6) is -0.639. The number of hydrogen-bond donors (Lipinski definition) is 3. The molecule has 1 saturated heterocycles. The average Bonchev–Trinajstić information content (AvgIpc) is 2.78. The van der Waals surface area contributed by atoms with Gasteiger partial charge in [0.05, 0.1) is 19.3 Å². The van der Waals surface area contributed by atoms with Crippen LogP contribution in [0, 0.1) is 0 Å². The van der Waals surface area contributed by atoms with Crippen molar-refractivity contribution < 1.29 is 19.1 Å². The summed E-state index contributed by atoms with van der Waals surface area (Å²) >= 11 is 6.25. The average molecular weight is 447 g/mol. The molecule has 1 fully saturated rings. The third-order valence-corrected chi connectivity index (χ3v) is 5.19. The van der Waals surface area contributed by atoms with Crippen LogP contribution in [0.5, 0.6) is 0 Å². The van der Waals surface area contributed by atoms with E-state index in [1.54, 1.807) is 12.1 Å². The number of nitrogens with zero attached hydrogens (tertiary/aromatic N) is 1. The highest BCUT2D eigenvalue weighted by Crippen LogP contribution is 2.19. The van der Waals surface area contributed by atoms with Gasteiger partial charge in [0, 0.05) is 42.7 Å². The van der Waals surface area contributed by atoms with E-state index in [1.165, 1.54) is 13.1 Å². The number of halogens is 1. The first-order valence-corrected chi connectivity index (χ1v) is 10.6. The molecule has 0 bridgehead atoms. The Labute approximate surface area is 186 Å². The van der Waals surface area contributed by atoms with E-state index in [-0.39, 0.29) is 29.8 Å². The Balaban J connectivity index is 1.63. The van der Waals surface area contributed by atoms with Gasteiger partial charge < -0.3 is 25.8 Å². The van der Waals surface area contributed by atoms with Crippen LogP contribution in [0.15, 0.2) is 36.4 Å². The molecule has 0 atom stereocenters. The molecule has 8 nitrogen and oxygen atoms in total. The van der Waals surface area contributed by atoms with E-state index < -0.39 is 0 Å². The summed E-state index contributed by atoms with van der Waals surface area (Å²) in [7, 11) is 1.52. The molecule has 1 aliphatic rings. The molecule has 3 rings (SSSR count). The van der Waals surface area contributed by atoms with Crippen molar-refractivity contribution in [3.05, 3.63) is 63.9 Å².